The highest BCUT2D eigenvalue weighted by molar-refractivity contribution is 7.31. The Balaban J connectivity index is 2.62. The molecule has 1 atom stereocenters. The summed E-state index contributed by atoms with van der Waals surface area (Å²) in [4.78, 5) is 3.43. The first-order valence-corrected chi connectivity index (χ1v) is 7.12. The van der Waals surface area contributed by atoms with Crippen LogP contribution in [-0.2, 0) is 6.42 Å². The zero-order valence-corrected chi connectivity index (χ0v) is 11.1. The van der Waals surface area contributed by atoms with Crippen molar-refractivity contribution >= 4 is 19.7 Å². The van der Waals surface area contributed by atoms with E-state index in [1.807, 2.05) is 6.07 Å². The minimum Gasteiger partial charge on any atom is -0.477 e. The molecule has 2 aromatic rings. The Morgan fingerprint density at radius 3 is 2.88 bits per heavy atom. The highest BCUT2D eigenvalue weighted by Gasteiger charge is 2.11. The number of benzene rings is 1. The molecule has 1 unspecified atom stereocenters. The fraction of sp³-hybridized carbons (Fsp3) is 0.385. The van der Waals surface area contributed by atoms with Crippen molar-refractivity contribution in [3.8, 4) is 5.75 Å². The molecule has 2 nitrogen and oxygen atoms in total. The van der Waals surface area contributed by atoms with Crippen LogP contribution >= 0.6 is 8.81 Å². The highest BCUT2D eigenvalue weighted by Crippen LogP contribution is 2.34. The van der Waals surface area contributed by atoms with Gasteiger partial charge in [0.15, 0.2) is 0 Å². The number of hydrogen-bond acceptors (Lipinski definition) is 1. The smallest absolute Gasteiger partial charge is 0.132 e. The van der Waals surface area contributed by atoms with Gasteiger partial charge in [0.05, 0.1) is 8.81 Å². The van der Waals surface area contributed by atoms with Gasteiger partial charge in [-0.2, -0.15) is 0 Å². The molecule has 0 aliphatic heterocycles. The van der Waals surface area contributed by atoms with Crippen LogP contribution in [0.25, 0.3) is 10.9 Å². The molecular formula is C13H18NOP. The number of H-pyrrole nitrogens is 1. The molecule has 0 aliphatic rings. The van der Waals surface area contributed by atoms with Crippen molar-refractivity contribution in [3.05, 3.63) is 29.5 Å². The summed E-state index contributed by atoms with van der Waals surface area (Å²) in [6.45, 7) is 6.41. The summed E-state index contributed by atoms with van der Waals surface area (Å²) in [5.41, 5.74) is 3.87. The van der Waals surface area contributed by atoms with Gasteiger partial charge in [-0.3, -0.25) is 0 Å². The summed E-state index contributed by atoms with van der Waals surface area (Å²) in [5, 5.41) is 1.27. The Morgan fingerprint density at radius 2 is 2.19 bits per heavy atom. The lowest BCUT2D eigenvalue weighted by Gasteiger charge is -2.06. The van der Waals surface area contributed by atoms with Gasteiger partial charge in [0.25, 0.3) is 0 Å². The fourth-order valence-electron chi connectivity index (χ4n) is 2.17. The summed E-state index contributed by atoms with van der Waals surface area (Å²) in [6, 6.07) is 6.22. The van der Waals surface area contributed by atoms with E-state index in [4.69, 9.17) is 4.52 Å². The molecule has 0 radical (unpaired) electrons. The van der Waals surface area contributed by atoms with E-state index in [0.717, 1.165) is 18.6 Å². The van der Waals surface area contributed by atoms with Gasteiger partial charge in [0, 0.05) is 16.6 Å². The zero-order chi connectivity index (χ0) is 11.5. The highest BCUT2D eigenvalue weighted by atomic mass is 31.1. The Bertz CT molecular complexity index is 490. The largest absolute Gasteiger partial charge is 0.477 e. The number of rotatable bonds is 4. The molecule has 0 saturated carbocycles. The Kier molecular flexibility index (Phi) is 3.50. The van der Waals surface area contributed by atoms with Gasteiger partial charge in [-0.25, -0.2) is 0 Å². The number of hydrogen-bond donors (Lipinski definition) is 1. The Labute approximate surface area is 98.3 Å². The fourth-order valence-corrected chi connectivity index (χ4v) is 2.56. The SMILES string of the molecule is CCCc1c(C)[nH]c2cccc(OPC)c12. The molecule has 0 fully saturated rings. The average molecular weight is 235 g/mol. The van der Waals surface area contributed by atoms with Gasteiger partial charge in [-0.1, -0.05) is 19.4 Å². The van der Waals surface area contributed by atoms with Crippen LogP contribution in [0, 0.1) is 6.92 Å². The zero-order valence-electron chi connectivity index (χ0n) is 10.1. The molecule has 1 N–H and O–H groups in total. The quantitative estimate of drug-likeness (QED) is 0.795. The van der Waals surface area contributed by atoms with E-state index in [9.17, 15) is 0 Å². The number of aromatic nitrogens is 1. The third-order valence-corrected chi connectivity index (χ3v) is 3.24. The van der Waals surface area contributed by atoms with Crippen LogP contribution in [0.3, 0.4) is 0 Å². The summed E-state index contributed by atoms with van der Waals surface area (Å²) in [6.07, 6.45) is 2.27. The van der Waals surface area contributed by atoms with E-state index in [0.29, 0.717) is 8.81 Å². The molecule has 0 amide bonds. The van der Waals surface area contributed by atoms with E-state index in [1.54, 1.807) is 0 Å². The lowest BCUT2D eigenvalue weighted by molar-refractivity contribution is 0.642. The molecule has 2 rings (SSSR count). The van der Waals surface area contributed by atoms with E-state index in [-0.39, 0.29) is 0 Å². The first-order chi connectivity index (χ1) is 7.77. The molecule has 16 heavy (non-hydrogen) atoms. The topological polar surface area (TPSA) is 25.0 Å². The van der Waals surface area contributed by atoms with Crippen LogP contribution in [0.15, 0.2) is 18.2 Å². The van der Waals surface area contributed by atoms with E-state index in [2.05, 4.69) is 37.6 Å². The van der Waals surface area contributed by atoms with Crippen molar-refractivity contribution in [2.75, 3.05) is 6.66 Å². The summed E-state index contributed by atoms with van der Waals surface area (Å²) in [7, 11) is 0.492. The van der Waals surface area contributed by atoms with Crippen LogP contribution in [0.2, 0.25) is 0 Å². The van der Waals surface area contributed by atoms with Gasteiger partial charge in [-0.15, -0.1) is 0 Å². The van der Waals surface area contributed by atoms with Crippen molar-refractivity contribution in [3.63, 3.8) is 0 Å². The van der Waals surface area contributed by atoms with Crippen molar-refractivity contribution in [2.24, 2.45) is 0 Å². The molecule has 0 spiro atoms. The maximum Gasteiger partial charge on any atom is 0.132 e. The van der Waals surface area contributed by atoms with Gasteiger partial charge in [-0.05, 0) is 37.7 Å². The third-order valence-electron chi connectivity index (χ3n) is 2.81. The Hall–Kier alpha value is -1.01. The number of aromatic amines is 1. The predicted molar refractivity (Wildman–Crippen MR) is 71.9 cm³/mol. The lowest BCUT2D eigenvalue weighted by Crippen LogP contribution is -1.86. The normalized spacial score (nSPS) is 11.7. The average Bonchev–Trinajstić information content (AvgIpc) is 2.58. The van der Waals surface area contributed by atoms with Crippen LogP contribution < -0.4 is 4.52 Å². The molecule has 1 aromatic carbocycles. The number of fused-ring (bicyclic) bond motifs is 1. The summed E-state index contributed by atoms with van der Waals surface area (Å²) in [5.74, 6) is 1.02. The van der Waals surface area contributed by atoms with Gasteiger partial charge < -0.3 is 9.51 Å². The predicted octanol–water partition coefficient (Wildman–Crippen LogP) is 4.03. The van der Waals surface area contributed by atoms with Gasteiger partial charge in [0.2, 0.25) is 0 Å². The van der Waals surface area contributed by atoms with Gasteiger partial charge in [0.1, 0.15) is 5.75 Å². The standard InChI is InChI=1S/C13H18NOP/c1-4-6-10-9(2)14-11-7-5-8-12(13(10)11)15-16-3/h5,7-8,14,16H,4,6H2,1-3H3. The lowest BCUT2D eigenvalue weighted by atomic mass is 10.1. The minimum atomic E-state index is 0.492. The maximum absolute atomic E-state index is 5.73. The van der Waals surface area contributed by atoms with E-state index >= 15 is 0 Å². The van der Waals surface area contributed by atoms with Crippen LogP contribution in [-0.4, -0.2) is 11.6 Å². The first kappa shape index (κ1) is 11.5. The van der Waals surface area contributed by atoms with Crippen molar-refractivity contribution in [1.29, 1.82) is 0 Å². The van der Waals surface area contributed by atoms with Crippen LogP contribution in [0.5, 0.6) is 5.75 Å². The minimum absolute atomic E-state index is 0.492. The van der Waals surface area contributed by atoms with Crippen LogP contribution in [0.4, 0.5) is 0 Å². The maximum atomic E-state index is 5.73. The molecule has 86 valence electrons. The van der Waals surface area contributed by atoms with Crippen molar-refractivity contribution in [2.45, 2.75) is 26.7 Å². The van der Waals surface area contributed by atoms with Gasteiger partial charge >= 0.3 is 0 Å². The van der Waals surface area contributed by atoms with E-state index in [1.165, 1.54) is 22.2 Å². The second-order valence-electron chi connectivity index (χ2n) is 3.96. The van der Waals surface area contributed by atoms with Crippen molar-refractivity contribution in [1.82, 2.24) is 4.98 Å². The van der Waals surface area contributed by atoms with Crippen LogP contribution in [0.1, 0.15) is 24.6 Å². The monoisotopic (exact) mass is 235 g/mol. The van der Waals surface area contributed by atoms with Crippen molar-refractivity contribution < 1.29 is 4.52 Å². The molecule has 0 bridgehead atoms. The second-order valence-corrected chi connectivity index (χ2v) is 4.58. The second kappa shape index (κ2) is 4.88. The molecular weight excluding hydrogens is 217 g/mol. The number of aryl methyl sites for hydroxylation is 2. The summed E-state index contributed by atoms with van der Waals surface area (Å²) < 4.78 is 5.73. The molecule has 0 aliphatic carbocycles. The summed E-state index contributed by atoms with van der Waals surface area (Å²) >= 11 is 0. The molecule has 3 heteroatoms. The molecule has 1 aromatic heterocycles. The Morgan fingerprint density at radius 1 is 1.38 bits per heavy atom. The molecule has 1 heterocycles. The van der Waals surface area contributed by atoms with E-state index < -0.39 is 0 Å². The molecule has 0 saturated heterocycles. The first-order valence-electron chi connectivity index (χ1n) is 5.71. The number of nitrogens with one attached hydrogen (secondary N) is 1. The third kappa shape index (κ3) is 1.94.